The first-order chi connectivity index (χ1) is 15.4. The molecule has 0 bridgehead atoms. The van der Waals surface area contributed by atoms with Gasteiger partial charge in [0.15, 0.2) is 0 Å². The van der Waals surface area contributed by atoms with Gasteiger partial charge in [0, 0.05) is 4.88 Å². The highest BCUT2D eigenvalue weighted by molar-refractivity contribution is 7.18. The summed E-state index contributed by atoms with van der Waals surface area (Å²) in [4.78, 5) is 45.4. The molecule has 4 rings (SSSR count). The number of carbonyl (C=O) groups excluding carboxylic acids is 2. The lowest BCUT2D eigenvalue weighted by molar-refractivity contribution is -0.128. The van der Waals surface area contributed by atoms with Crippen molar-refractivity contribution in [1.82, 2.24) is 20.8 Å². The first-order valence-corrected chi connectivity index (χ1v) is 10.9. The van der Waals surface area contributed by atoms with Crippen molar-refractivity contribution < 1.29 is 9.59 Å². The van der Waals surface area contributed by atoms with Crippen molar-refractivity contribution in [3.8, 4) is 11.1 Å². The Morgan fingerprint density at radius 2 is 1.53 bits per heavy atom. The summed E-state index contributed by atoms with van der Waals surface area (Å²) in [6.45, 7) is 3.81. The smallest absolute Gasteiger partial charge is 0.259 e. The van der Waals surface area contributed by atoms with Crippen LogP contribution < -0.4 is 16.4 Å². The summed E-state index contributed by atoms with van der Waals surface area (Å²) in [5.41, 5.74) is 8.42. The van der Waals surface area contributed by atoms with E-state index in [0.717, 1.165) is 27.1 Å². The molecule has 0 saturated heterocycles. The molecule has 32 heavy (non-hydrogen) atoms. The van der Waals surface area contributed by atoms with Crippen LogP contribution in [0.2, 0.25) is 0 Å². The molecule has 2 aromatic carbocycles. The number of nitrogens with zero attached hydrogens (tertiary/aromatic N) is 1. The third kappa shape index (κ3) is 4.76. The molecule has 0 unspecified atom stereocenters. The zero-order valence-corrected chi connectivity index (χ0v) is 18.5. The van der Waals surface area contributed by atoms with Crippen molar-refractivity contribution in [1.29, 1.82) is 0 Å². The van der Waals surface area contributed by atoms with Gasteiger partial charge in [-0.3, -0.25) is 25.2 Å². The third-order valence-electron chi connectivity index (χ3n) is 5.18. The first-order valence-electron chi connectivity index (χ1n) is 10.1. The Kier molecular flexibility index (Phi) is 6.13. The van der Waals surface area contributed by atoms with Crippen LogP contribution in [0.25, 0.3) is 21.3 Å². The van der Waals surface area contributed by atoms with Gasteiger partial charge in [0.05, 0.1) is 18.2 Å². The van der Waals surface area contributed by atoms with Gasteiger partial charge in [-0.1, -0.05) is 54.6 Å². The van der Waals surface area contributed by atoms with Gasteiger partial charge in [-0.2, -0.15) is 0 Å². The van der Waals surface area contributed by atoms with Crippen molar-refractivity contribution in [2.45, 2.75) is 26.7 Å². The summed E-state index contributed by atoms with van der Waals surface area (Å²) in [6, 6.07) is 17.7. The summed E-state index contributed by atoms with van der Waals surface area (Å²) in [5, 5.41) is 0.559. The van der Waals surface area contributed by atoms with E-state index in [0.29, 0.717) is 10.2 Å². The van der Waals surface area contributed by atoms with E-state index in [-0.39, 0.29) is 30.1 Å². The van der Waals surface area contributed by atoms with Crippen LogP contribution in [0.1, 0.15) is 21.8 Å². The number of amides is 2. The maximum atomic E-state index is 12.3. The van der Waals surface area contributed by atoms with Crippen LogP contribution in [0, 0.1) is 13.8 Å². The van der Waals surface area contributed by atoms with Crippen LogP contribution in [0.15, 0.2) is 59.4 Å². The van der Waals surface area contributed by atoms with Gasteiger partial charge < -0.3 is 4.98 Å². The Morgan fingerprint density at radius 1 is 0.906 bits per heavy atom. The van der Waals surface area contributed by atoms with E-state index in [1.807, 2.05) is 68.4 Å². The second kappa shape index (κ2) is 9.15. The van der Waals surface area contributed by atoms with Gasteiger partial charge in [0.25, 0.3) is 5.56 Å². The molecule has 0 aliphatic carbocycles. The van der Waals surface area contributed by atoms with Crippen molar-refractivity contribution in [3.05, 3.63) is 86.8 Å². The Bertz CT molecular complexity index is 1340. The molecular formula is C24H22N4O3S. The van der Waals surface area contributed by atoms with Gasteiger partial charge in [-0.15, -0.1) is 11.3 Å². The average Bonchev–Trinajstić information content (AvgIpc) is 3.07. The van der Waals surface area contributed by atoms with Gasteiger partial charge in [-0.05, 0) is 36.1 Å². The SMILES string of the molecule is Cc1sc2nc(CC(=O)NNC(=O)Cc3ccc(-c4ccccc4)cc3)[nH]c(=O)c2c1C. The monoisotopic (exact) mass is 446 g/mol. The Hall–Kier alpha value is -3.78. The van der Waals surface area contributed by atoms with Crippen molar-refractivity contribution >= 4 is 33.4 Å². The van der Waals surface area contributed by atoms with Crippen molar-refractivity contribution in [2.75, 3.05) is 0 Å². The minimum absolute atomic E-state index is 0.129. The van der Waals surface area contributed by atoms with Crippen LogP contribution in [0.5, 0.6) is 0 Å². The molecule has 2 heterocycles. The maximum absolute atomic E-state index is 12.3. The van der Waals surface area contributed by atoms with E-state index in [9.17, 15) is 14.4 Å². The number of fused-ring (bicyclic) bond motifs is 1. The second-order valence-electron chi connectivity index (χ2n) is 7.49. The average molecular weight is 447 g/mol. The van der Waals surface area contributed by atoms with Crippen LogP contribution in [-0.4, -0.2) is 21.8 Å². The molecule has 0 aliphatic heterocycles. The molecule has 3 N–H and O–H groups in total. The lowest BCUT2D eigenvalue weighted by atomic mass is 10.0. The van der Waals surface area contributed by atoms with E-state index < -0.39 is 5.91 Å². The fourth-order valence-corrected chi connectivity index (χ4v) is 4.44. The number of hydrazine groups is 1. The largest absolute Gasteiger partial charge is 0.309 e. The molecule has 2 aromatic heterocycles. The highest BCUT2D eigenvalue weighted by Crippen LogP contribution is 2.25. The number of aromatic amines is 1. The van der Waals surface area contributed by atoms with Gasteiger partial charge >= 0.3 is 0 Å². The molecular weight excluding hydrogens is 424 g/mol. The predicted octanol–water partition coefficient (Wildman–Crippen LogP) is 3.20. The quantitative estimate of drug-likeness (QED) is 0.410. The molecule has 2 amide bonds. The van der Waals surface area contributed by atoms with Gasteiger partial charge in [-0.25, -0.2) is 4.98 Å². The lowest BCUT2D eigenvalue weighted by Gasteiger charge is -2.08. The number of nitrogens with one attached hydrogen (secondary N) is 3. The number of carbonyl (C=O) groups is 2. The predicted molar refractivity (Wildman–Crippen MR) is 125 cm³/mol. The maximum Gasteiger partial charge on any atom is 0.259 e. The number of thiophene rings is 1. The van der Waals surface area contributed by atoms with Crippen LogP contribution in [-0.2, 0) is 22.4 Å². The minimum atomic E-state index is -0.467. The molecule has 0 fully saturated rings. The number of hydrogen-bond donors (Lipinski definition) is 3. The molecule has 0 spiro atoms. The first kappa shape index (κ1) is 21.5. The number of benzene rings is 2. The summed E-state index contributed by atoms with van der Waals surface area (Å²) in [7, 11) is 0. The molecule has 7 nitrogen and oxygen atoms in total. The topological polar surface area (TPSA) is 104 Å². The summed E-state index contributed by atoms with van der Waals surface area (Å²) in [5.74, 6) is -0.551. The summed E-state index contributed by atoms with van der Waals surface area (Å²) in [6.07, 6.45) is -0.0165. The summed E-state index contributed by atoms with van der Waals surface area (Å²) < 4.78 is 0. The molecule has 0 saturated carbocycles. The Morgan fingerprint density at radius 3 is 2.22 bits per heavy atom. The van der Waals surface area contributed by atoms with E-state index >= 15 is 0 Å². The standard InChI is InChI=1S/C24H22N4O3S/c1-14-15(2)32-24-22(14)23(31)25-19(26-24)13-21(30)28-27-20(29)12-16-8-10-18(11-9-16)17-6-4-3-5-7-17/h3-11H,12-13H2,1-2H3,(H,27,29)(H,28,30)(H,25,26,31). The number of aryl methyl sites for hydroxylation is 2. The van der Waals surface area contributed by atoms with Crippen LogP contribution >= 0.6 is 11.3 Å². The lowest BCUT2D eigenvalue weighted by Crippen LogP contribution is -2.43. The van der Waals surface area contributed by atoms with E-state index in [2.05, 4.69) is 20.8 Å². The number of hydrogen-bond acceptors (Lipinski definition) is 5. The van der Waals surface area contributed by atoms with Crippen molar-refractivity contribution in [3.63, 3.8) is 0 Å². The van der Waals surface area contributed by atoms with E-state index in [1.54, 1.807) is 0 Å². The number of H-pyrrole nitrogens is 1. The minimum Gasteiger partial charge on any atom is -0.309 e. The van der Waals surface area contributed by atoms with Crippen LogP contribution in [0.4, 0.5) is 0 Å². The molecule has 0 aliphatic rings. The number of rotatable bonds is 5. The molecule has 4 aromatic rings. The highest BCUT2D eigenvalue weighted by Gasteiger charge is 2.14. The summed E-state index contributed by atoms with van der Waals surface area (Å²) >= 11 is 1.42. The van der Waals surface area contributed by atoms with Gasteiger partial charge in [0.1, 0.15) is 10.7 Å². The fourth-order valence-electron chi connectivity index (χ4n) is 3.39. The van der Waals surface area contributed by atoms with Crippen molar-refractivity contribution in [2.24, 2.45) is 0 Å². The van der Waals surface area contributed by atoms with Gasteiger partial charge in [0.2, 0.25) is 11.8 Å². The van der Waals surface area contributed by atoms with E-state index in [1.165, 1.54) is 11.3 Å². The molecule has 162 valence electrons. The highest BCUT2D eigenvalue weighted by atomic mass is 32.1. The third-order valence-corrected chi connectivity index (χ3v) is 6.28. The normalized spacial score (nSPS) is 10.8. The van der Waals surface area contributed by atoms with Crippen LogP contribution in [0.3, 0.4) is 0 Å². The van der Waals surface area contributed by atoms with E-state index in [4.69, 9.17) is 0 Å². The molecule has 8 heteroatoms. The second-order valence-corrected chi connectivity index (χ2v) is 8.69. The Balaban J connectivity index is 1.32. The molecule has 0 atom stereocenters. The zero-order chi connectivity index (χ0) is 22.7. The number of aromatic nitrogens is 2. The Labute approximate surface area is 188 Å². The fraction of sp³-hybridized carbons (Fsp3) is 0.167. The zero-order valence-electron chi connectivity index (χ0n) is 17.7. The molecule has 0 radical (unpaired) electrons.